The van der Waals surface area contributed by atoms with Gasteiger partial charge in [-0.1, -0.05) is 12.1 Å². The summed E-state index contributed by atoms with van der Waals surface area (Å²) in [5.74, 6) is -2.40. The molecule has 1 N–H and O–H groups in total. The third kappa shape index (κ3) is 4.88. The quantitative estimate of drug-likeness (QED) is 0.281. The number of carbonyl (C=O) groups is 2. The molecule has 0 saturated carbocycles. The third-order valence-corrected chi connectivity index (χ3v) is 5.52. The predicted octanol–water partition coefficient (Wildman–Crippen LogP) is 5.31. The lowest BCUT2D eigenvalue weighted by atomic mass is 9.95. The van der Waals surface area contributed by atoms with Gasteiger partial charge in [0.05, 0.1) is 18.2 Å². The number of anilines is 1. The molecule has 0 aliphatic carbocycles. The summed E-state index contributed by atoms with van der Waals surface area (Å²) in [6.45, 7) is 4.04. The Morgan fingerprint density at radius 2 is 1.89 bits per heavy atom. The highest BCUT2D eigenvalue weighted by Gasteiger charge is 2.47. The van der Waals surface area contributed by atoms with Crippen molar-refractivity contribution < 1.29 is 37.3 Å². The Balaban J connectivity index is 1.87. The first-order valence-electron chi connectivity index (χ1n) is 10.9. The molecule has 1 aliphatic heterocycles. The van der Waals surface area contributed by atoms with Crippen molar-refractivity contribution in [2.24, 2.45) is 0 Å². The standard InChI is InChI=1S/C26H21F3N2O5/c1-3-35-20-10-9-16(12-15(20)2)23(32)21-22(17-6-5-11-30-14-17)31(25(34)24(21)33)18-7-4-8-19(13-18)36-26(27,28)29/h4-14,22,32H,3H2,1-2H3/b23-21+. The van der Waals surface area contributed by atoms with E-state index >= 15 is 0 Å². The number of pyridine rings is 1. The van der Waals surface area contributed by atoms with Crippen molar-refractivity contribution in [2.45, 2.75) is 26.3 Å². The van der Waals surface area contributed by atoms with Crippen LogP contribution in [-0.2, 0) is 9.59 Å². The highest BCUT2D eigenvalue weighted by Crippen LogP contribution is 2.43. The lowest BCUT2D eigenvalue weighted by molar-refractivity contribution is -0.274. The van der Waals surface area contributed by atoms with E-state index in [9.17, 15) is 27.9 Å². The molecule has 3 aromatic rings. The van der Waals surface area contributed by atoms with Gasteiger partial charge in [-0.2, -0.15) is 0 Å². The van der Waals surface area contributed by atoms with Crippen LogP contribution in [0.3, 0.4) is 0 Å². The number of nitrogens with zero attached hydrogens (tertiary/aromatic N) is 2. The average Bonchev–Trinajstić information content (AvgIpc) is 3.10. The molecule has 2 aromatic carbocycles. The topological polar surface area (TPSA) is 89.0 Å². The van der Waals surface area contributed by atoms with Crippen LogP contribution >= 0.6 is 0 Å². The van der Waals surface area contributed by atoms with E-state index in [-0.39, 0.29) is 16.8 Å². The molecule has 1 fully saturated rings. The molecule has 4 rings (SSSR count). The second kappa shape index (κ2) is 9.73. The van der Waals surface area contributed by atoms with Gasteiger partial charge in [0.1, 0.15) is 17.3 Å². The van der Waals surface area contributed by atoms with Crippen LogP contribution in [0.4, 0.5) is 18.9 Å². The average molecular weight is 498 g/mol. The molecule has 1 atom stereocenters. The molecule has 1 unspecified atom stereocenters. The van der Waals surface area contributed by atoms with Crippen LogP contribution in [0.5, 0.6) is 11.5 Å². The number of alkyl halides is 3. The van der Waals surface area contributed by atoms with Crippen molar-refractivity contribution in [1.82, 2.24) is 4.98 Å². The monoisotopic (exact) mass is 498 g/mol. The number of aliphatic hydroxyl groups excluding tert-OH is 1. The SMILES string of the molecule is CCOc1ccc(/C(O)=C2\C(=O)C(=O)N(c3cccc(OC(F)(F)F)c3)C2c2cccnc2)cc1C. The highest BCUT2D eigenvalue weighted by molar-refractivity contribution is 6.51. The Bertz CT molecular complexity index is 1340. The fourth-order valence-corrected chi connectivity index (χ4v) is 4.05. The van der Waals surface area contributed by atoms with Gasteiger partial charge in [0, 0.05) is 29.7 Å². The van der Waals surface area contributed by atoms with Crippen LogP contribution in [0.2, 0.25) is 0 Å². The van der Waals surface area contributed by atoms with Gasteiger partial charge in [-0.3, -0.25) is 19.5 Å². The summed E-state index contributed by atoms with van der Waals surface area (Å²) in [6.07, 6.45) is -2.04. The Morgan fingerprint density at radius 1 is 1.11 bits per heavy atom. The number of benzene rings is 2. The van der Waals surface area contributed by atoms with Crippen molar-refractivity contribution in [3.8, 4) is 11.5 Å². The van der Waals surface area contributed by atoms with E-state index in [2.05, 4.69) is 9.72 Å². The molecule has 36 heavy (non-hydrogen) atoms. The molecule has 0 bridgehead atoms. The minimum absolute atomic E-state index is 0.0189. The van der Waals surface area contributed by atoms with Crippen LogP contribution < -0.4 is 14.4 Å². The van der Waals surface area contributed by atoms with E-state index in [0.717, 1.165) is 17.0 Å². The summed E-state index contributed by atoms with van der Waals surface area (Å²) in [5, 5.41) is 11.2. The molecule has 10 heteroatoms. The van der Waals surface area contributed by atoms with Gasteiger partial charge in [-0.15, -0.1) is 13.2 Å². The van der Waals surface area contributed by atoms with E-state index in [1.54, 1.807) is 37.3 Å². The van der Waals surface area contributed by atoms with Crippen molar-refractivity contribution in [2.75, 3.05) is 11.5 Å². The van der Waals surface area contributed by atoms with E-state index in [1.165, 1.54) is 24.5 Å². The lowest BCUT2D eigenvalue weighted by Crippen LogP contribution is -2.29. The number of ketones is 1. The zero-order chi connectivity index (χ0) is 26.0. The maximum atomic E-state index is 13.2. The van der Waals surface area contributed by atoms with E-state index < -0.39 is 35.6 Å². The number of Topliss-reactive ketones (excluding diaryl/α,β-unsaturated/α-hetero) is 1. The van der Waals surface area contributed by atoms with Gasteiger partial charge >= 0.3 is 6.36 Å². The summed E-state index contributed by atoms with van der Waals surface area (Å²) in [5.41, 5.74) is 1.11. The zero-order valence-corrected chi connectivity index (χ0v) is 19.2. The first-order valence-corrected chi connectivity index (χ1v) is 10.9. The Morgan fingerprint density at radius 3 is 2.53 bits per heavy atom. The molecule has 7 nitrogen and oxygen atoms in total. The second-order valence-corrected chi connectivity index (χ2v) is 7.91. The number of hydrogen-bond acceptors (Lipinski definition) is 6. The predicted molar refractivity (Wildman–Crippen MR) is 124 cm³/mol. The molecular weight excluding hydrogens is 477 g/mol. The molecule has 2 heterocycles. The normalized spacial score (nSPS) is 17.4. The van der Waals surface area contributed by atoms with Gasteiger partial charge in [0.15, 0.2) is 0 Å². The van der Waals surface area contributed by atoms with Gasteiger partial charge in [0.25, 0.3) is 11.7 Å². The van der Waals surface area contributed by atoms with Gasteiger partial charge in [-0.05, 0) is 61.4 Å². The largest absolute Gasteiger partial charge is 0.573 e. The van der Waals surface area contributed by atoms with Crippen LogP contribution in [0.1, 0.15) is 29.7 Å². The van der Waals surface area contributed by atoms with Crippen molar-refractivity contribution in [3.05, 3.63) is 89.3 Å². The lowest BCUT2D eigenvalue weighted by Gasteiger charge is -2.25. The molecule has 0 radical (unpaired) electrons. The van der Waals surface area contributed by atoms with E-state index in [4.69, 9.17) is 4.74 Å². The van der Waals surface area contributed by atoms with Crippen LogP contribution in [0.15, 0.2) is 72.6 Å². The summed E-state index contributed by atoms with van der Waals surface area (Å²) in [7, 11) is 0. The number of carbonyl (C=O) groups excluding carboxylic acids is 2. The van der Waals surface area contributed by atoms with Crippen molar-refractivity contribution in [1.29, 1.82) is 0 Å². The van der Waals surface area contributed by atoms with E-state index in [0.29, 0.717) is 23.5 Å². The number of rotatable bonds is 6. The third-order valence-electron chi connectivity index (χ3n) is 5.52. The molecular formula is C26H21F3N2O5. The minimum Gasteiger partial charge on any atom is -0.507 e. The first-order chi connectivity index (χ1) is 17.1. The number of aliphatic hydroxyl groups is 1. The van der Waals surface area contributed by atoms with Crippen LogP contribution in [0.25, 0.3) is 5.76 Å². The first kappa shape index (κ1) is 24.8. The molecule has 1 aromatic heterocycles. The number of halogens is 3. The molecule has 0 spiro atoms. The molecule has 186 valence electrons. The molecule has 1 aliphatic rings. The maximum absolute atomic E-state index is 13.2. The second-order valence-electron chi connectivity index (χ2n) is 7.91. The zero-order valence-electron chi connectivity index (χ0n) is 19.2. The Hall–Kier alpha value is -4.34. The van der Waals surface area contributed by atoms with Crippen molar-refractivity contribution >= 4 is 23.1 Å². The van der Waals surface area contributed by atoms with Gasteiger partial charge < -0.3 is 14.6 Å². The number of hydrogen-bond donors (Lipinski definition) is 1. The van der Waals surface area contributed by atoms with E-state index in [1.807, 2.05) is 6.92 Å². The summed E-state index contributed by atoms with van der Waals surface area (Å²) in [4.78, 5) is 31.4. The molecule has 1 amide bonds. The molecule has 1 saturated heterocycles. The summed E-state index contributed by atoms with van der Waals surface area (Å²) in [6, 6.07) is 11.6. The number of aromatic nitrogens is 1. The van der Waals surface area contributed by atoms with Gasteiger partial charge in [0.2, 0.25) is 0 Å². The van der Waals surface area contributed by atoms with Crippen LogP contribution in [0, 0.1) is 6.92 Å². The smallest absolute Gasteiger partial charge is 0.507 e. The number of ether oxygens (including phenoxy) is 2. The summed E-state index contributed by atoms with van der Waals surface area (Å²) >= 11 is 0. The fraction of sp³-hybridized carbons (Fsp3) is 0.192. The fourth-order valence-electron chi connectivity index (χ4n) is 4.05. The Labute approximate surface area is 204 Å². The highest BCUT2D eigenvalue weighted by atomic mass is 19.4. The number of aryl methyl sites for hydroxylation is 1. The van der Waals surface area contributed by atoms with Crippen molar-refractivity contribution in [3.63, 3.8) is 0 Å². The minimum atomic E-state index is -4.94. The van der Waals surface area contributed by atoms with Crippen LogP contribution in [-0.4, -0.2) is 34.8 Å². The Kier molecular flexibility index (Phi) is 6.69. The van der Waals surface area contributed by atoms with Gasteiger partial charge in [-0.25, -0.2) is 0 Å². The maximum Gasteiger partial charge on any atom is 0.573 e. The number of amides is 1. The summed E-state index contributed by atoms with van der Waals surface area (Å²) < 4.78 is 47.8.